The summed E-state index contributed by atoms with van der Waals surface area (Å²) in [5.41, 5.74) is 1.32. The van der Waals surface area contributed by atoms with Gasteiger partial charge < -0.3 is 10.2 Å². The SMILES string of the molecule is CCCNC(CCN1CCC(C)CC1)c1cccc(Cl)c1. The third kappa shape index (κ3) is 5.61. The van der Waals surface area contributed by atoms with Crippen LogP contribution in [0.1, 0.15) is 51.1 Å². The van der Waals surface area contributed by atoms with E-state index in [1.807, 2.05) is 6.07 Å². The highest BCUT2D eigenvalue weighted by atomic mass is 35.5. The van der Waals surface area contributed by atoms with Crippen molar-refractivity contribution >= 4 is 11.6 Å². The van der Waals surface area contributed by atoms with E-state index in [9.17, 15) is 0 Å². The smallest absolute Gasteiger partial charge is 0.0409 e. The molecule has 0 radical (unpaired) electrons. The summed E-state index contributed by atoms with van der Waals surface area (Å²) in [7, 11) is 0. The van der Waals surface area contributed by atoms with Gasteiger partial charge in [0.15, 0.2) is 0 Å². The number of benzene rings is 1. The van der Waals surface area contributed by atoms with Crippen LogP contribution in [-0.4, -0.2) is 31.1 Å². The van der Waals surface area contributed by atoms with Gasteiger partial charge in [-0.05, 0) is 75.5 Å². The van der Waals surface area contributed by atoms with Gasteiger partial charge in [0.2, 0.25) is 0 Å². The van der Waals surface area contributed by atoms with E-state index in [-0.39, 0.29) is 0 Å². The molecule has 1 saturated heterocycles. The Morgan fingerprint density at radius 1 is 1.33 bits per heavy atom. The van der Waals surface area contributed by atoms with Crippen molar-refractivity contribution in [2.45, 2.75) is 45.6 Å². The van der Waals surface area contributed by atoms with Gasteiger partial charge in [0, 0.05) is 11.1 Å². The molecule has 1 aliphatic heterocycles. The number of likely N-dealkylation sites (tertiary alicyclic amines) is 1. The Kier molecular flexibility index (Phi) is 7.01. The summed E-state index contributed by atoms with van der Waals surface area (Å²) in [6.45, 7) is 9.35. The largest absolute Gasteiger partial charge is 0.310 e. The lowest BCUT2D eigenvalue weighted by molar-refractivity contribution is 0.184. The fraction of sp³-hybridized carbons (Fsp3) is 0.667. The number of hydrogen-bond acceptors (Lipinski definition) is 2. The van der Waals surface area contributed by atoms with E-state index < -0.39 is 0 Å². The standard InChI is InChI=1S/C18H29ClN2/c1-3-10-20-18(16-5-4-6-17(19)14-16)9-13-21-11-7-15(2)8-12-21/h4-6,14-15,18,20H,3,7-13H2,1-2H3. The molecule has 0 spiro atoms. The second kappa shape index (κ2) is 8.77. The maximum Gasteiger partial charge on any atom is 0.0409 e. The Morgan fingerprint density at radius 3 is 2.76 bits per heavy atom. The lowest BCUT2D eigenvalue weighted by Gasteiger charge is -2.31. The molecule has 0 bridgehead atoms. The third-order valence-electron chi connectivity index (χ3n) is 4.50. The molecular formula is C18H29ClN2. The van der Waals surface area contributed by atoms with Crippen LogP contribution in [0.4, 0.5) is 0 Å². The molecule has 21 heavy (non-hydrogen) atoms. The first kappa shape index (κ1) is 16.8. The van der Waals surface area contributed by atoms with Gasteiger partial charge in [0.1, 0.15) is 0 Å². The fourth-order valence-electron chi connectivity index (χ4n) is 3.03. The summed E-state index contributed by atoms with van der Waals surface area (Å²) in [4.78, 5) is 2.62. The van der Waals surface area contributed by atoms with Crippen LogP contribution in [0, 0.1) is 5.92 Å². The lowest BCUT2D eigenvalue weighted by atomic mass is 9.98. The highest BCUT2D eigenvalue weighted by Crippen LogP contribution is 2.22. The van der Waals surface area contributed by atoms with Crippen molar-refractivity contribution in [3.63, 3.8) is 0 Å². The molecule has 0 saturated carbocycles. The summed E-state index contributed by atoms with van der Waals surface area (Å²) in [5.74, 6) is 0.906. The molecule has 118 valence electrons. The zero-order chi connectivity index (χ0) is 15.1. The van der Waals surface area contributed by atoms with Crippen molar-refractivity contribution in [3.05, 3.63) is 34.9 Å². The normalized spacial score (nSPS) is 18.8. The molecular weight excluding hydrogens is 280 g/mol. The van der Waals surface area contributed by atoms with Crippen LogP contribution in [0.5, 0.6) is 0 Å². The Balaban J connectivity index is 1.90. The van der Waals surface area contributed by atoms with Crippen molar-refractivity contribution in [2.24, 2.45) is 5.92 Å². The van der Waals surface area contributed by atoms with Crippen LogP contribution >= 0.6 is 11.6 Å². The van der Waals surface area contributed by atoms with Crippen LogP contribution in [0.3, 0.4) is 0 Å². The zero-order valence-corrected chi connectivity index (χ0v) is 14.2. The van der Waals surface area contributed by atoms with Crippen LogP contribution in [0.2, 0.25) is 5.02 Å². The third-order valence-corrected chi connectivity index (χ3v) is 4.74. The van der Waals surface area contributed by atoms with Crippen LogP contribution in [0.15, 0.2) is 24.3 Å². The van der Waals surface area contributed by atoms with Crippen molar-refractivity contribution in [1.82, 2.24) is 10.2 Å². The maximum absolute atomic E-state index is 6.15. The number of piperidine rings is 1. The average molecular weight is 309 g/mol. The molecule has 0 aliphatic carbocycles. The molecule has 3 heteroatoms. The predicted molar refractivity (Wildman–Crippen MR) is 91.9 cm³/mol. The second-order valence-electron chi connectivity index (χ2n) is 6.37. The van der Waals surface area contributed by atoms with Gasteiger partial charge in [-0.25, -0.2) is 0 Å². The Bertz CT molecular complexity index is 413. The second-order valence-corrected chi connectivity index (χ2v) is 6.81. The molecule has 1 aliphatic rings. The summed E-state index contributed by atoms with van der Waals surface area (Å²) >= 11 is 6.15. The molecule has 2 nitrogen and oxygen atoms in total. The van der Waals surface area contributed by atoms with E-state index in [0.29, 0.717) is 6.04 Å². The van der Waals surface area contributed by atoms with Gasteiger partial charge >= 0.3 is 0 Å². The van der Waals surface area contributed by atoms with Gasteiger partial charge in [-0.3, -0.25) is 0 Å². The van der Waals surface area contributed by atoms with Crippen LogP contribution in [-0.2, 0) is 0 Å². The van der Waals surface area contributed by atoms with Crippen molar-refractivity contribution in [1.29, 1.82) is 0 Å². The summed E-state index contributed by atoms with van der Waals surface area (Å²) in [6.07, 6.45) is 5.03. The summed E-state index contributed by atoms with van der Waals surface area (Å²) in [6, 6.07) is 8.72. The van der Waals surface area contributed by atoms with E-state index in [1.54, 1.807) is 0 Å². The molecule has 1 unspecified atom stereocenters. The Morgan fingerprint density at radius 2 is 2.10 bits per heavy atom. The lowest BCUT2D eigenvalue weighted by Crippen LogP contribution is -2.35. The monoisotopic (exact) mass is 308 g/mol. The number of halogens is 1. The molecule has 1 fully saturated rings. The number of hydrogen-bond donors (Lipinski definition) is 1. The van der Waals surface area contributed by atoms with E-state index in [1.165, 1.54) is 38.0 Å². The van der Waals surface area contributed by atoms with Gasteiger partial charge in [-0.15, -0.1) is 0 Å². The van der Waals surface area contributed by atoms with Gasteiger partial charge in [0.25, 0.3) is 0 Å². The van der Waals surface area contributed by atoms with E-state index in [4.69, 9.17) is 11.6 Å². The number of rotatable bonds is 7. The van der Waals surface area contributed by atoms with Crippen LogP contribution in [0.25, 0.3) is 0 Å². The molecule has 1 aromatic carbocycles. The first-order valence-electron chi connectivity index (χ1n) is 8.40. The van der Waals surface area contributed by atoms with E-state index >= 15 is 0 Å². The minimum absolute atomic E-state index is 0.419. The summed E-state index contributed by atoms with van der Waals surface area (Å²) < 4.78 is 0. The predicted octanol–water partition coefficient (Wildman–Crippen LogP) is 4.50. The molecule has 2 rings (SSSR count). The number of nitrogens with zero attached hydrogens (tertiary/aromatic N) is 1. The minimum atomic E-state index is 0.419. The maximum atomic E-state index is 6.15. The first-order chi connectivity index (χ1) is 10.2. The van der Waals surface area contributed by atoms with E-state index in [2.05, 4.69) is 42.3 Å². The van der Waals surface area contributed by atoms with Gasteiger partial charge in [-0.1, -0.05) is 37.6 Å². The quantitative estimate of drug-likeness (QED) is 0.797. The van der Waals surface area contributed by atoms with Crippen LogP contribution < -0.4 is 5.32 Å². The highest BCUT2D eigenvalue weighted by Gasteiger charge is 2.18. The highest BCUT2D eigenvalue weighted by molar-refractivity contribution is 6.30. The molecule has 1 N–H and O–H groups in total. The Labute approximate surface area is 134 Å². The fourth-order valence-corrected chi connectivity index (χ4v) is 3.22. The van der Waals surface area contributed by atoms with Crippen molar-refractivity contribution in [3.8, 4) is 0 Å². The molecule has 0 amide bonds. The molecule has 1 aromatic rings. The van der Waals surface area contributed by atoms with Crippen molar-refractivity contribution < 1.29 is 0 Å². The topological polar surface area (TPSA) is 15.3 Å². The number of nitrogens with one attached hydrogen (secondary N) is 1. The molecule has 1 heterocycles. The van der Waals surface area contributed by atoms with Gasteiger partial charge in [-0.2, -0.15) is 0 Å². The molecule has 0 aromatic heterocycles. The summed E-state index contributed by atoms with van der Waals surface area (Å²) in [5, 5.41) is 4.51. The minimum Gasteiger partial charge on any atom is -0.310 e. The van der Waals surface area contributed by atoms with E-state index in [0.717, 1.165) is 30.3 Å². The average Bonchev–Trinajstić information content (AvgIpc) is 2.49. The molecule has 1 atom stereocenters. The Hall–Kier alpha value is -0.570. The van der Waals surface area contributed by atoms with Gasteiger partial charge in [0.05, 0.1) is 0 Å². The van der Waals surface area contributed by atoms with Crippen molar-refractivity contribution in [2.75, 3.05) is 26.2 Å². The zero-order valence-electron chi connectivity index (χ0n) is 13.4. The first-order valence-corrected chi connectivity index (χ1v) is 8.78.